The van der Waals surface area contributed by atoms with Crippen molar-refractivity contribution in [2.45, 2.75) is 6.54 Å². The molecule has 128 valence electrons. The van der Waals surface area contributed by atoms with Crippen LogP contribution in [0.5, 0.6) is 0 Å². The van der Waals surface area contributed by atoms with Gasteiger partial charge in [-0.2, -0.15) is 4.98 Å². The van der Waals surface area contributed by atoms with Gasteiger partial charge in [-0.1, -0.05) is 35.0 Å². The van der Waals surface area contributed by atoms with Crippen LogP contribution in [0, 0.1) is 0 Å². The van der Waals surface area contributed by atoms with Crippen molar-refractivity contribution >= 4 is 11.6 Å². The maximum absolute atomic E-state index is 12.8. The average molecular weight is 366 g/mol. The second kappa shape index (κ2) is 6.89. The summed E-state index contributed by atoms with van der Waals surface area (Å²) in [7, 11) is 0. The summed E-state index contributed by atoms with van der Waals surface area (Å²) in [6, 6.07) is 10.8. The highest BCUT2D eigenvalue weighted by molar-refractivity contribution is 6.31. The Morgan fingerprint density at radius 3 is 2.81 bits per heavy atom. The Bertz CT molecular complexity index is 1110. The fourth-order valence-corrected chi connectivity index (χ4v) is 2.68. The van der Waals surface area contributed by atoms with Gasteiger partial charge in [0.15, 0.2) is 0 Å². The Morgan fingerprint density at radius 2 is 2.00 bits per heavy atom. The molecule has 1 aromatic carbocycles. The van der Waals surface area contributed by atoms with E-state index in [-0.39, 0.29) is 17.3 Å². The molecule has 0 aliphatic carbocycles. The van der Waals surface area contributed by atoms with Gasteiger partial charge in [-0.15, -0.1) is 0 Å². The van der Waals surface area contributed by atoms with Crippen LogP contribution < -0.4 is 5.56 Å². The molecule has 3 heterocycles. The Morgan fingerprint density at radius 1 is 1.12 bits per heavy atom. The lowest BCUT2D eigenvalue weighted by atomic mass is 10.2. The van der Waals surface area contributed by atoms with Crippen molar-refractivity contribution in [2.75, 3.05) is 0 Å². The molecule has 3 aromatic heterocycles. The minimum atomic E-state index is -0.248. The average Bonchev–Trinajstić information content (AvgIpc) is 3.16. The SMILES string of the molecule is O=c1c(-c2nc(-c3cnccn3)no2)cccn1Cc1ccccc1Cl. The molecule has 0 amide bonds. The van der Waals surface area contributed by atoms with Crippen molar-refractivity contribution in [2.24, 2.45) is 0 Å². The smallest absolute Gasteiger partial charge is 0.263 e. The molecule has 0 spiro atoms. The third kappa shape index (κ3) is 3.12. The summed E-state index contributed by atoms with van der Waals surface area (Å²) >= 11 is 6.19. The number of pyridine rings is 1. The van der Waals surface area contributed by atoms with E-state index in [9.17, 15) is 4.79 Å². The van der Waals surface area contributed by atoms with Crippen molar-refractivity contribution in [1.82, 2.24) is 24.7 Å². The van der Waals surface area contributed by atoms with Crippen LogP contribution in [0.3, 0.4) is 0 Å². The first-order valence-corrected chi connectivity index (χ1v) is 8.13. The molecule has 4 aromatic rings. The van der Waals surface area contributed by atoms with Gasteiger partial charge in [0, 0.05) is 23.6 Å². The minimum absolute atomic E-state index is 0.129. The third-order valence-corrected chi connectivity index (χ3v) is 4.14. The van der Waals surface area contributed by atoms with E-state index in [1.807, 2.05) is 18.2 Å². The van der Waals surface area contributed by atoms with E-state index < -0.39 is 0 Å². The van der Waals surface area contributed by atoms with Crippen LogP contribution in [0.4, 0.5) is 0 Å². The number of aromatic nitrogens is 5. The molecule has 0 saturated heterocycles. The Hall–Kier alpha value is -3.32. The van der Waals surface area contributed by atoms with Crippen LogP contribution in [-0.4, -0.2) is 24.7 Å². The second-order valence-electron chi connectivity index (χ2n) is 5.46. The van der Waals surface area contributed by atoms with Crippen molar-refractivity contribution < 1.29 is 4.52 Å². The van der Waals surface area contributed by atoms with E-state index in [1.54, 1.807) is 35.2 Å². The predicted molar refractivity (Wildman–Crippen MR) is 95.6 cm³/mol. The van der Waals surface area contributed by atoms with Gasteiger partial charge in [0.2, 0.25) is 5.82 Å². The molecule has 0 atom stereocenters. The van der Waals surface area contributed by atoms with Crippen molar-refractivity contribution in [3.05, 3.63) is 82.1 Å². The van der Waals surface area contributed by atoms with Gasteiger partial charge in [0.05, 0.1) is 12.7 Å². The summed E-state index contributed by atoms with van der Waals surface area (Å²) in [4.78, 5) is 25.1. The molecule has 0 saturated carbocycles. The number of halogens is 1. The van der Waals surface area contributed by atoms with E-state index in [0.29, 0.717) is 22.8 Å². The summed E-state index contributed by atoms with van der Waals surface area (Å²) in [5, 5.41) is 4.48. The molecule has 8 heteroatoms. The molecular formula is C18H12ClN5O2. The van der Waals surface area contributed by atoms with Crippen LogP contribution in [-0.2, 0) is 6.54 Å². The molecule has 0 aliphatic rings. The summed E-state index contributed by atoms with van der Waals surface area (Å²) in [5.74, 6) is 0.401. The fourth-order valence-electron chi connectivity index (χ4n) is 2.49. The molecule has 26 heavy (non-hydrogen) atoms. The first kappa shape index (κ1) is 16.2. The van der Waals surface area contributed by atoms with E-state index in [4.69, 9.17) is 16.1 Å². The lowest BCUT2D eigenvalue weighted by Crippen LogP contribution is -2.21. The Balaban J connectivity index is 1.70. The maximum atomic E-state index is 12.8. The number of hydrogen-bond donors (Lipinski definition) is 0. The summed E-state index contributed by atoms with van der Waals surface area (Å²) in [6.07, 6.45) is 6.30. The zero-order chi connectivity index (χ0) is 17.9. The normalized spacial score (nSPS) is 10.8. The highest BCUT2D eigenvalue weighted by Crippen LogP contribution is 2.19. The van der Waals surface area contributed by atoms with E-state index in [1.165, 1.54) is 12.4 Å². The van der Waals surface area contributed by atoms with Gasteiger partial charge in [-0.05, 0) is 23.8 Å². The highest BCUT2D eigenvalue weighted by Gasteiger charge is 2.16. The Labute approximate surface area is 152 Å². The quantitative estimate of drug-likeness (QED) is 0.552. The summed E-state index contributed by atoms with van der Waals surface area (Å²) in [6.45, 7) is 0.345. The minimum Gasteiger partial charge on any atom is -0.333 e. The van der Waals surface area contributed by atoms with Crippen molar-refractivity contribution in [3.63, 3.8) is 0 Å². The lowest BCUT2D eigenvalue weighted by Gasteiger charge is -2.08. The highest BCUT2D eigenvalue weighted by atomic mass is 35.5. The van der Waals surface area contributed by atoms with Gasteiger partial charge < -0.3 is 9.09 Å². The molecule has 0 bridgehead atoms. The van der Waals surface area contributed by atoms with E-state index in [2.05, 4.69) is 20.1 Å². The van der Waals surface area contributed by atoms with Crippen LogP contribution in [0.25, 0.3) is 23.0 Å². The number of nitrogens with zero attached hydrogens (tertiary/aromatic N) is 5. The Kier molecular flexibility index (Phi) is 4.28. The van der Waals surface area contributed by atoms with Gasteiger partial charge in [-0.25, -0.2) is 4.98 Å². The van der Waals surface area contributed by atoms with Crippen LogP contribution in [0.2, 0.25) is 5.02 Å². The molecule has 0 unspecified atom stereocenters. The van der Waals surface area contributed by atoms with Gasteiger partial charge >= 0.3 is 0 Å². The summed E-state index contributed by atoms with van der Waals surface area (Å²) in [5.41, 5.74) is 1.37. The topological polar surface area (TPSA) is 86.7 Å². The number of hydrogen-bond acceptors (Lipinski definition) is 6. The van der Waals surface area contributed by atoms with E-state index >= 15 is 0 Å². The predicted octanol–water partition coefficient (Wildman–Crippen LogP) is 3.06. The zero-order valence-corrected chi connectivity index (χ0v) is 14.2. The molecule has 0 fully saturated rings. The standard InChI is InChI=1S/C18H12ClN5O2/c19-14-6-2-1-4-12(14)11-24-9-3-5-13(18(24)25)17-22-16(23-26-17)15-10-20-7-8-21-15/h1-10H,11H2. The number of benzene rings is 1. The number of rotatable bonds is 4. The first-order valence-electron chi connectivity index (χ1n) is 7.76. The summed E-state index contributed by atoms with van der Waals surface area (Å²) < 4.78 is 6.79. The molecule has 0 N–H and O–H groups in total. The monoisotopic (exact) mass is 365 g/mol. The molecule has 7 nitrogen and oxygen atoms in total. The molecule has 0 radical (unpaired) electrons. The first-order chi connectivity index (χ1) is 12.7. The molecule has 0 aliphatic heterocycles. The fraction of sp³-hybridized carbons (Fsp3) is 0.0556. The second-order valence-corrected chi connectivity index (χ2v) is 5.87. The van der Waals surface area contributed by atoms with Gasteiger partial charge in [-0.3, -0.25) is 9.78 Å². The van der Waals surface area contributed by atoms with Crippen LogP contribution in [0.15, 0.2) is 70.5 Å². The van der Waals surface area contributed by atoms with E-state index in [0.717, 1.165) is 5.56 Å². The van der Waals surface area contributed by atoms with Gasteiger partial charge in [0.1, 0.15) is 11.3 Å². The van der Waals surface area contributed by atoms with Crippen molar-refractivity contribution in [1.29, 1.82) is 0 Å². The van der Waals surface area contributed by atoms with Crippen LogP contribution in [0.1, 0.15) is 5.56 Å². The maximum Gasteiger partial charge on any atom is 0.263 e. The van der Waals surface area contributed by atoms with Crippen molar-refractivity contribution in [3.8, 4) is 23.0 Å². The largest absolute Gasteiger partial charge is 0.333 e. The zero-order valence-electron chi connectivity index (χ0n) is 13.4. The van der Waals surface area contributed by atoms with Gasteiger partial charge in [0.25, 0.3) is 11.4 Å². The molecular weight excluding hydrogens is 354 g/mol. The lowest BCUT2D eigenvalue weighted by molar-refractivity contribution is 0.431. The third-order valence-electron chi connectivity index (χ3n) is 3.77. The van der Waals surface area contributed by atoms with Crippen LogP contribution >= 0.6 is 11.6 Å². The molecule has 4 rings (SSSR count).